The number of carbonyl (C=O) groups is 1. The molecule has 1 amide bonds. The minimum absolute atomic E-state index is 0.0140. The van der Waals surface area contributed by atoms with Crippen LogP contribution in [0.3, 0.4) is 0 Å². The SMILES string of the molecule is Cc1nccc(C2CCCN2C(=O)c2noc3c2CCCC3)n1. The van der Waals surface area contributed by atoms with Gasteiger partial charge >= 0.3 is 0 Å². The van der Waals surface area contributed by atoms with Gasteiger partial charge in [0.25, 0.3) is 5.91 Å². The molecule has 0 bridgehead atoms. The third-order valence-corrected chi connectivity index (χ3v) is 4.81. The van der Waals surface area contributed by atoms with E-state index in [9.17, 15) is 4.79 Å². The number of hydrogen-bond acceptors (Lipinski definition) is 5. The highest BCUT2D eigenvalue weighted by molar-refractivity contribution is 5.94. The number of amides is 1. The molecule has 0 radical (unpaired) electrons. The highest BCUT2D eigenvalue weighted by Gasteiger charge is 2.35. The van der Waals surface area contributed by atoms with Gasteiger partial charge in [-0.15, -0.1) is 0 Å². The molecule has 0 saturated carbocycles. The summed E-state index contributed by atoms with van der Waals surface area (Å²) < 4.78 is 5.40. The molecule has 0 spiro atoms. The van der Waals surface area contributed by atoms with Crippen molar-refractivity contribution in [3.63, 3.8) is 0 Å². The maximum absolute atomic E-state index is 13.0. The second-order valence-corrected chi connectivity index (χ2v) is 6.33. The zero-order valence-electron chi connectivity index (χ0n) is 13.3. The van der Waals surface area contributed by atoms with Crippen LogP contribution < -0.4 is 0 Å². The summed E-state index contributed by atoms with van der Waals surface area (Å²) in [6.07, 6.45) is 7.68. The van der Waals surface area contributed by atoms with Gasteiger partial charge in [0, 0.05) is 24.7 Å². The average molecular weight is 312 g/mol. The van der Waals surface area contributed by atoms with Crippen molar-refractivity contribution in [2.24, 2.45) is 0 Å². The van der Waals surface area contributed by atoms with Crippen molar-refractivity contribution in [3.05, 3.63) is 40.8 Å². The monoisotopic (exact) mass is 312 g/mol. The summed E-state index contributed by atoms with van der Waals surface area (Å²) in [5.74, 6) is 1.62. The standard InChI is InChI=1S/C17H20N4O2/c1-11-18-9-8-13(19-11)14-6-4-10-21(14)17(22)16-12-5-2-3-7-15(12)23-20-16/h8-9,14H,2-7,10H2,1H3. The molecule has 0 aromatic carbocycles. The van der Waals surface area contributed by atoms with Crippen molar-refractivity contribution in [2.75, 3.05) is 6.54 Å². The molecule has 2 aromatic heterocycles. The Morgan fingerprint density at radius 1 is 1.30 bits per heavy atom. The lowest BCUT2D eigenvalue weighted by molar-refractivity contribution is 0.0721. The predicted octanol–water partition coefficient (Wildman–Crippen LogP) is 2.63. The first-order valence-electron chi connectivity index (χ1n) is 8.32. The topological polar surface area (TPSA) is 72.1 Å². The fourth-order valence-electron chi connectivity index (χ4n) is 3.67. The van der Waals surface area contributed by atoms with Gasteiger partial charge in [0.1, 0.15) is 11.6 Å². The Morgan fingerprint density at radius 2 is 2.17 bits per heavy atom. The smallest absolute Gasteiger partial charge is 0.276 e. The highest BCUT2D eigenvalue weighted by atomic mass is 16.5. The van der Waals surface area contributed by atoms with Gasteiger partial charge in [-0.3, -0.25) is 4.79 Å². The lowest BCUT2D eigenvalue weighted by atomic mass is 9.96. The van der Waals surface area contributed by atoms with E-state index in [0.717, 1.165) is 67.9 Å². The minimum atomic E-state index is -0.0179. The Hall–Kier alpha value is -2.24. The maximum atomic E-state index is 13.0. The molecule has 1 atom stereocenters. The van der Waals surface area contributed by atoms with Crippen LogP contribution in [0.4, 0.5) is 0 Å². The lowest BCUT2D eigenvalue weighted by Gasteiger charge is -2.24. The third-order valence-electron chi connectivity index (χ3n) is 4.81. The van der Waals surface area contributed by atoms with E-state index >= 15 is 0 Å². The molecule has 4 rings (SSSR count). The fraction of sp³-hybridized carbons (Fsp3) is 0.529. The number of fused-ring (bicyclic) bond motifs is 1. The molecule has 1 fully saturated rings. The normalized spacial score (nSPS) is 20.6. The van der Waals surface area contributed by atoms with E-state index in [2.05, 4.69) is 15.1 Å². The van der Waals surface area contributed by atoms with Crippen LogP contribution in [0.2, 0.25) is 0 Å². The van der Waals surface area contributed by atoms with Crippen LogP contribution in [-0.4, -0.2) is 32.5 Å². The molecule has 3 heterocycles. The van der Waals surface area contributed by atoms with Crippen molar-refractivity contribution < 1.29 is 9.32 Å². The summed E-state index contributed by atoms with van der Waals surface area (Å²) >= 11 is 0. The van der Waals surface area contributed by atoms with Crippen LogP contribution in [-0.2, 0) is 12.8 Å². The van der Waals surface area contributed by atoms with E-state index in [1.54, 1.807) is 6.20 Å². The maximum Gasteiger partial charge on any atom is 0.276 e. The second kappa shape index (κ2) is 5.76. The molecular weight excluding hydrogens is 292 g/mol. The van der Waals surface area contributed by atoms with E-state index in [1.165, 1.54) is 0 Å². The quantitative estimate of drug-likeness (QED) is 0.852. The molecule has 1 aliphatic carbocycles. The Labute approximate surface area is 134 Å². The zero-order chi connectivity index (χ0) is 15.8. The van der Waals surface area contributed by atoms with E-state index < -0.39 is 0 Å². The van der Waals surface area contributed by atoms with E-state index in [1.807, 2.05) is 17.9 Å². The number of aryl methyl sites for hydroxylation is 2. The van der Waals surface area contributed by atoms with Gasteiger partial charge in [-0.05, 0) is 45.1 Å². The second-order valence-electron chi connectivity index (χ2n) is 6.33. The van der Waals surface area contributed by atoms with Gasteiger partial charge in [0.2, 0.25) is 0 Å². The van der Waals surface area contributed by atoms with Crippen LogP contribution in [0.5, 0.6) is 0 Å². The Kier molecular flexibility index (Phi) is 3.59. The van der Waals surface area contributed by atoms with Crippen LogP contribution >= 0.6 is 0 Å². The summed E-state index contributed by atoms with van der Waals surface area (Å²) in [4.78, 5) is 23.6. The summed E-state index contributed by atoms with van der Waals surface area (Å²) in [5.41, 5.74) is 2.45. The van der Waals surface area contributed by atoms with Crippen LogP contribution in [0.1, 0.15) is 65.1 Å². The number of hydrogen-bond donors (Lipinski definition) is 0. The molecule has 1 unspecified atom stereocenters. The first-order chi connectivity index (χ1) is 11.2. The molecule has 1 aliphatic heterocycles. The minimum Gasteiger partial charge on any atom is -0.360 e. The number of aromatic nitrogens is 3. The van der Waals surface area contributed by atoms with Gasteiger partial charge in [0.05, 0.1) is 11.7 Å². The van der Waals surface area contributed by atoms with Crippen molar-refractivity contribution in [3.8, 4) is 0 Å². The highest BCUT2D eigenvalue weighted by Crippen LogP contribution is 2.33. The Bertz CT molecular complexity index is 740. The first kappa shape index (κ1) is 14.4. The van der Waals surface area contributed by atoms with E-state index in [0.29, 0.717) is 5.69 Å². The van der Waals surface area contributed by atoms with Crippen molar-refractivity contribution in [1.29, 1.82) is 0 Å². The summed E-state index contributed by atoms with van der Waals surface area (Å²) in [5, 5.41) is 4.09. The summed E-state index contributed by atoms with van der Waals surface area (Å²) in [6, 6.07) is 1.92. The summed E-state index contributed by atoms with van der Waals surface area (Å²) in [7, 11) is 0. The van der Waals surface area contributed by atoms with Crippen molar-refractivity contribution in [2.45, 2.75) is 51.5 Å². The van der Waals surface area contributed by atoms with Gasteiger partial charge in [-0.2, -0.15) is 0 Å². The number of likely N-dealkylation sites (tertiary alicyclic amines) is 1. The average Bonchev–Trinajstić information content (AvgIpc) is 3.21. The molecule has 6 nitrogen and oxygen atoms in total. The first-order valence-corrected chi connectivity index (χ1v) is 8.32. The van der Waals surface area contributed by atoms with E-state index in [4.69, 9.17) is 4.52 Å². The number of rotatable bonds is 2. The summed E-state index contributed by atoms with van der Waals surface area (Å²) in [6.45, 7) is 2.62. The Balaban J connectivity index is 1.64. The zero-order valence-corrected chi connectivity index (χ0v) is 13.3. The molecule has 23 heavy (non-hydrogen) atoms. The molecule has 2 aliphatic rings. The van der Waals surface area contributed by atoms with E-state index in [-0.39, 0.29) is 11.9 Å². The lowest BCUT2D eigenvalue weighted by Crippen LogP contribution is -2.32. The van der Waals surface area contributed by atoms with Gasteiger partial charge in [0.15, 0.2) is 5.69 Å². The van der Waals surface area contributed by atoms with Crippen molar-refractivity contribution in [1.82, 2.24) is 20.0 Å². The third kappa shape index (κ3) is 2.52. The largest absolute Gasteiger partial charge is 0.360 e. The predicted molar refractivity (Wildman–Crippen MR) is 82.9 cm³/mol. The van der Waals surface area contributed by atoms with Gasteiger partial charge in [-0.25, -0.2) is 9.97 Å². The number of nitrogens with zero attached hydrogens (tertiary/aromatic N) is 4. The van der Waals surface area contributed by atoms with Crippen molar-refractivity contribution >= 4 is 5.91 Å². The fourth-order valence-corrected chi connectivity index (χ4v) is 3.67. The molecule has 2 aromatic rings. The van der Waals surface area contributed by atoms with Gasteiger partial charge < -0.3 is 9.42 Å². The van der Waals surface area contributed by atoms with Crippen LogP contribution in [0.15, 0.2) is 16.8 Å². The molecule has 0 N–H and O–H groups in total. The number of carbonyl (C=O) groups excluding carboxylic acids is 1. The van der Waals surface area contributed by atoms with Crippen LogP contribution in [0.25, 0.3) is 0 Å². The molecule has 1 saturated heterocycles. The Morgan fingerprint density at radius 3 is 3.04 bits per heavy atom. The molecule has 120 valence electrons. The molecule has 6 heteroatoms. The van der Waals surface area contributed by atoms with Crippen LogP contribution in [0, 0.1) is 6.92 Å². The van der Waals surface area contributed by atoms with Gasteiger partial charge in [-0.1, -0.05) is 5.16 Å². The molecular formula is C17H20N4O2.